The van der Waals surface area contributed by atoms with Crippen molar-refractivity contribution in [3.8, 4) is 0 Å². The Balaban J connectivity index is 1.75. The Bertz CT molecular complexity index is 927. The molecule has 0 amide bonds. The van der Waals surface area contributed by atoms with Crippen LogP contribution in [0.4, 0.5) is 5.95 Å². The van der Waals surface area contributed by atoms with Crippen molar-refractivity contribution < 1.29 is 4.74 Å². The molecular formula is C17H16N4O2S. The van der Waals surface area contributed by atoms with E-state index < -0.39 is 0 Å². The fraction of sp³-hybridized carbons (Fsp3) is 0.235. The van der Waals surface area contributed by atoms with Crippen LogP contribution in [-0.4, -0.2) is 41.3 Å². The van der Waals surface area contributed by atoms with Crippen LogP contribution in [0.3, 0.4) is 0 Å². The van der Waals surface area contributed by atoms with Gasteiger partial charge in [0.1, 0.15) is 0 Å². The summed E-state index contributed by atoms with van der Waals surface area (Å²) in [6.07, 6.45) is 5.61. The molecule has 122 valence electrons. The Kier molecular flexibility index (Phi) is 4.10. The minimum atomic E-state index is -0.166. The summed E-state index contributed by atoms with van der Waals surface area (Å²) in [6, 6.07) is 5.86. The summed E-state index contributed by atoms with van der Waals surface area (Å²) in [4.78, 5) is 27.5. The lowest BCUT2D eigenvalue weighted by Gasteiger charge is -2.27. The van der Waals surface area contributed by atoms with Gasteiger partial charge in [0.2, 0.25) is 5.95 Å². The lowest BCUT2D eigenvalue weighted by Crippen LogP contribution is -2.38. The van der Waals surface area contributed by atoms with Crippen molar-refractivity contribution in [2.45, 2.75) is 0 Å². The number of fused-ring (bicyclic) bond motifs is 1. The molecule has 0 unspecified atom stereocenters. The van der Waals surface area contributed by atoms with E-state index in [2.05, 4.69) is 15.0 Å². The number of anilines is 1. The van der Waals surface area contributed by atoms with Crippen LogP contribution in [0.15, 0.2) is 34.6 Å². The number of aromatic amines is 1. The zero-order valence-corrected chi connectivity index (χ0v) is 13.8. The van der Waals surface area contributed by atoms with Gasteiger partial charge in [0, 0.05) is 24.2 Å². The van der Waals surface area contributed by atoms with Crippen molar-refractivity contribution in [2.24, 2.45) is 0 Å². The first-order chi connectivity index (χ1) is 11.8. The number of rotatable bonds is 3. The number of nitrogens with zero attached hydrogens (tertiary/aromatic N) is 3. The number of H-pyrrole nitrogens is 1. The zero-order chi connectivity index (χ0) is 16.4. The maximum Gasteiger partial charge on any atom is 0.262 e. The second-order valence-electron chi connectivity index (χ2n) is 5.44. The van der Waals surface area contributed by atoms with Crippen LogP contribution in [0, 0.1) is 0 Å². The Hall–Kier alpha value is -2.51. The van der Waals surface area contributed by atoms with E-state index in [9.17, 15) is 4.79 Å². The smallest absolute Gasteiger partial charge is 0.262 e. The molecule has 1 aliphatic rings. The number of nitrogens with one attached hydrogen (secondary N) is 1. The Morgan fingerprint density at radius 1 is 1.25 bits per heavy atom. The predicted molar refractivity (Wildman–Crippen MR) is 96.4 cm³/mol. The molecule has 0 aliphatic carbocycles. The average molecular weight is 340 g/mol. The highest BCUT2D eigenvalue weighted by Gasteiger charge is 2.16. The van der Waals surface area contributed by atoms with Gasteiger partial charge in [-0.3, -0.25) is 9.78 Å². The van der Waals surface area contributed by atoms with Crippen molar-refractivity contribution in [3.63, 3.8) is 0 Å². The standard InChI is InChI=1S/C17H16N4O2S/c22-16-14-12(3-4-13-2-1-11-24-13)5-6-18-15(14)19-17(20-16)21-7-9-23-10-8-21/h1-6,11H,7-10H2,(H,18,19,20,22)/b4-3+. The summed E-state index contributed by atoms with van der Waals surface area (Å²) >= 11 is 1.65. The number of thiophene rings is 1. The molecule has 6 nitrogen and oxygen atoms in total. The van der Waals surface area contributed by atoms with E-state index in [1.165, 1.54) is 0 Å². The molecule has 0 bridgehead atoms. The molecule has 7 heteroatoms. The molecule has 1 fully saturated rings. The number of hydrogen-bond donors (Lipinski definition) is 1. The third-order valence-electron chi connectivity index (χ3n) is 3.91. The van der Waals surface area contributed by atoms with Gasteiger partial charge in [0.15, 0.2) is 5.65 Å². The van der Waals surface area contributed by atoms with E-state index in [1.807, 2.05) is 40.6 Å². The van der Waals surface area contributed by atoms with Crippen LogP contribution < -0.4 is 10.5 Å². The molecule has 24 heavy (non-hydrogen) atoms. The van der Waals surface area contributed by atoms with Crippen LogP contribution in [-0.2, 0) is 4.74 Å². The summed E-state index contributed by atoms with van der Waals surface area (Å²) in [5, 5.41) is 2.54. The molecule has 3 aromatic rings. The maximum absolute atomic E-state index is 12.6. The van der Waals surface area contributed by atoms with Crippen molar-refractivity contribution in [1.82, 2.24) is 15.0 Å². The predicted octanol–water partition coefficient (Wildman–Crippen LogP) is 2.39. The van der Waals surface area contributed by atoms with Crippen LogP contribution in [0.2, 0.25) is 0 Å². The summed E-state index contributed by atoms with van der Waals surface area (Å²) < 4.78 is 5.34. The van der Waals surface area contributed by atoms with E-state index in [4.69, 9.17) is 4.74 Å². The second kappa shape index (κ2) is 6.54. The van der Waals surface area contributed by atoms with Crippen LogP contribution in [0.25, 0.3) is 23.2 Å². The van der Waals surface area contributed by atoms with Crippen LogP contribution in [0.1, 0.15) is 10.4 Å². The van der Waals surface area contributed by atoms with Gasteiger partial charge < -0.3 is 9.64 Å². The summed E-state index contributed by atoms with van der Waals surface area (Å²) in [5.41, 5.74) is 1.12. The molecular weight excluding hydrogens is 324 g/mol. The van der Waals surface area contributed by atoms with Crippen molar-refractivity contribution >= 4 is 40.5 Å². The fourth-order valence-corrected chi connectivity index (χ4v) is 3.31. The molecule has 0 atom stereocenters. The lowest BCUT2D eigenvalue weighted by atomic mass is 10.1. The molecule has 1 N–H and O–H groups in total. The lowest BCUT2D eigenvalue weighted by molar-refractivity contribution is 0.122. The van der Waals surface area contributed by atoms with Gasteiger partial charge in [-0.2, -0.15) is 4.98 Å². The molecule has 0 spiro atoms. The number of aromatic nitrogens is 3. The third kappa shape index (κ3) is 2.95. The third-order valence-corrected chi connectivity index (χ3v) is 4.75. The summed E-state index contributed by atoms with van der Waals surface area (Å²) in [5.74, 6) is 0.558. The van der Waals surface area contributed by atoms with Crippen LogP contribution in [0.5, 0.6) is 0 Å². The topological polar surface area (TPSA) is 71.1 Å². The molecule has 0 saturated carbocycles. The molecule has 0 aromatic carbocycles. The van der Waals surface area contributed by atoms with Crippen molar-refractivity contribution in [3.05, 3.63) is 50.6 Å². The highest BCUT2D eigenvalue weighted by atomic mass is 32.1. The first kappa shape index (κ1) is 15.0. The van der Waals surface area contributed by atoms with E-state index in [-0.39, 0.29) is 5.56 Å². The van der Waals surface area contributed by atoms with E-state index in [1.54, 1.807) is 17.5 Å². The quantitative estimate of drug-likeness (QED) is 0.793. The number of morpholine rings is 1. The Labute approximate surface area is 142 Å². The van der Waals surface area contributed by atoms with E-state index in [0.29, 0.717) is 43.3 Å². The average Bonchev–Trinajstić information content (AvgIpc) is 3.14. The van der Waals surface area contributed by atoms with Gasteiger partial charge in [0.05, 0.1) is 18.6 Å². The van der Waals surface area contributed by atoms with E-state index >= 15 is 0 Å². The molecule has 1 aliphatic heterocycles. The number of ether oxygens (including phenoxy) is 1. The maximum atomic E-state index is 12.6. The van der Waals surface area contributed by atoms with Gasteiger partial charge in [-0.15, -0.1) is 11.3 Å². The van der Waals surface area contributed by atoms with Gasteiger partial charge >= 0.3 is 0 Å². The Morgan fingerprint density at radius 3 is 2.92 bits per heavy atom. The highest BCUT2D eigenvalue weighted by Crippen LogP contribution is 2.18. The Morgan fingerprint density at radius 2 is 2.12 bits per heavy atom. The number of hydrogen-bond acceptors (Lipinski definition) is 6. The molecule has 4 rings (SSSR count). The van der Waals surface area contributed by atoms with Gasteiger partial charge in [-0.25, -0.2) is 4.98 Å². The number of pyridine rings is 1. The minimum Gasteiger partial charge on any atom is -0.378 e. The normalized spacial score (nSPS) is 15.4. The first-order valence-corrected chi connectivity index (χ1v) is 8.62. The monoisotopic (exact) mass is 340 g/mol. The highest BCUT2D eigenvalue weighted by molar-refractivity contribution is 7.10. The molecule has 3 aromatic heterocycles. The van der Waals surface area contributed by atoms with Gasteiger partial charge in [-0.1, -0.05) is 12.1 Å². The van der Waals surface area contributed by atoms with E-state index in [0.717, 1.165) is 10.4 Å². The molecule has 4 heterocycles. The summed E-state index contributed by atoms with van der Waals surface area (Å²) in [6.45, 7) is 2.70. The van der Waals surface area contributed by atoms with Gasteiger partial charge in [-0.05, 0) is 29.2 Å². The largest absolute Gasteiger partial charge is 0.378 e. The van der Waals surface area contributed by atoms with Crippen molar-refractivity contribution in [2.75, 3.05) is 31.2 Å². The van der Waals surface area contributed by atoms with Crippen molar-refractivity contribution in [1.29, 1.82) is 0 Å². The SMILES string of the molecule is O=c1[nH]c(N2CCOCC2)nc2nccc(/C=C/c3cccs3)c12. The zero-order valence-electron chi connectivity index (χ0n) is 12.9. The second-order valence-corrected chi connectivity index (χ2v) is 6.42. The molecule has 0 radical (unpaired) electrons. The molecule has 1 saturated heterocycles. The minimum absolute atomic E-state index is 0.166. The van der Waals surface area contributed by atoms with Gasteiger partial charge in [0.25, 0.3) is 5.56 Å². The first-order valence-electron chi connectivity index (χ1n) is 7.74. The van der Waals surface area contributed by atoms with Crippen LogP contribution >= 0.6 is 11.3 Å². The summed E-state index contributed by atoms with van der Waals surface area (Å²) in [7, 11) is 0. The fourth-order valence-electron chi connectivity index (χ4n) is 2.70.